The van der Waals surface area contributed by atoms with E-state index in [1.54, 1.807) is 0 Å². The third-order valence-electron chi connectivity index (χ3n) is 2.31. The smallest absolute Gasteiger partial charge is 0.354 e. The van der Waals surface area contributed by atoms with E-state index in [9.17, 15) is 19.7 Å². The van der Waals surface area contributed by atoms with E-state index in [4.69, 9.17) is 5.11 Å². The van der Waals surface area contributed by atoms with Crippen molar-refractivity contribution in [1.82, 2.24) is 9.97 Å². The van der Waals surface area contributed by atoms with Gasteiger partial charge in [-0.05, 0) is 12.1 Å². The number of nitrogens with zero attached hydrogens (tertiary/aromatic N) is 2. The van der Waals surface area contributed by atoms with E-state index >= 15 is 0 Å². The van der Waals surface area contributed by atoms with Crippen LogP contribution in [-0.4, -0.2) is 26.0 Å². The zero-order valence-electron chi connectivity index (χ0n) is 9.36. The number of carboxylic acids is 1. The normalized spacial score (nSPS) is 10.1. The van der Waals surface area contributed by atoms with Crippen molar-refractivity contribution in [1.29, 1.82) is 0 Å². The Bertz CT molecular complexity index is 705. The van der Waals surface area contributed by atoms with E-state index in [-0.39, 0.29) is 11.5 Å². The SMILES string of the molecule is O=C(O)c1cc(=O)[nH]c(-c2ccc([N+](=O)[O-])cc2)n1. The second kappa shape index (κ2) is 4.69. The molecule has 0 saturated heterocycles. The number of nitrogens with one attached hydrogen (secondary N) is 1. The average molecular weight is 261 g/mol. The van der Waals surface area contributed by atoms with Crippen molar-refractivity contribution in [3.8, 4) is 11.4 Å². The van der Waals surface area contributed by atoms with Crippen LogP contribution in [0.2, 0.25) is 0 Å². The van der Waals surface area contributed by atoms with Crippen molar-refractivity contribution in [3.63, 3.8) is 0 Å². The lowest BCUT2D eigenvalue weighted by Gasteiger charge is -2.01. The molecule has 0 aliphatic heterocycles. The molecular formula is C11H7N3O5. The summed E-state index contributed by atoms with van der Waals surface area (Å²) in [6, 6.07) is 6.09. The Morgan fingerprint density at radius 3 is 2.47 bits per heavy atom. The maximum Gasteiger partial charge on any atom is 0.354 e. The van der Waals surface area contributed by atoms with E-state index < -0.39 is 22.1 Å². The Labute approximate surface area is 105 Å². The molecule has 0 aliphatic rings. The zero-order valence-corrected chi connectivity index (χ0v) is 9.36. The summed E-state index contributed by atoms with van der Waals surface area (Å²) in [6.45, 7) is 0. The molecular weight excluding hydrogens is 254 g/mol. The van der Waals surface area contributed by atoms with Crippen molar-refractivity contribution in [3.05, 3.63) is 56.5 Å². The second-order valence-electron chi connectivity index (χ2n) is 3.59. The van der Waals surface area contributed by atoms with Crippen LogP contribution in [0.3, 0.4) is 0 Å². The van der Waals surface area contributed by atoms with Gasteiger partial charge in [0.05, 0.1) is 4.92 Å². The Morgan fingerprint density at radius 1 is 1.32 bits per heavy atom. The number of non-ortho nitro benzene ring substituents is 1. The van der Waals surface area contributed by atoms with Crippen molar-refractivity contribution in [2.24, 2.45) is 0 Å². The maximum absolute atomic E-state index is 11.3. The number of carbonyl (C=O) groups is 1. The predicted octanol–water partition coefficient (Wildman–Crippen LogP) is 1.04. The van der Waals surface area contributed by atoms with Gasteiger partial charge in [-0.25, -0.2) is 9.78 Å². The van der Waals surface area contributed by atoms with Gasteiger partial charge in [-0.2, -0.15) is 0 Å². The highest BCUT2D eigenvalue weighted by Gasteiger charge is 2.11. The summed E-state index contributed by atoms with van der Waals surface area (Å²) in [6.07, 6.45) is 0. The molecule has 0 radical (unpaired) electrons. The molecule has 2 aromatic rings. The number of nitro groups is 1. The van der Waals surface area contributed by atoms with Gasteiger partial charge in [0.15, 0.2) is 5.69 Å². The van der Waals surface area contributed by atoms with Crippen LogP contribution < -0.4 is 5.56 Å². The number of hydrogen-bond acceptors (Lipinski definition) is 5. The summed E-state index contributed by atoms with van der Waals surface area (Å²) < 4.78 is 0. The van der Waals surface area contributed by atoms with Crippen LogP contribution in [0.15, 0.2) is 35.1 Å². The van der Waals surface area contributed by atoms with Crippen LogP contribution in [0.25, 0.3) is 11.4 Å². The fourth-order valence-corrected chi connectivity index (χ4v) is 1.44. The quantitative estimate of drug-likeness (QED) is 0.627. The van der Waals surface area contributed by atoms with E-state index in [1.807, 2.05) is 0 Å². The fraction of sp³-hybridized carbons (Fsp3) is 0. The van der Waals surface area contributed by atoms with Gasteiger partial charge in [0.1, 0.15) is 5.82 Å². The monoisotopic (exact) mass is 261 g/mol. The van der Waals surface area contributed by atoms with Gasteiger partial charge >= 0.3 is 5.97 Å². The molecule has 0 bridgehead atoms. The van der Waals surface area contributed by atoms with Crippen LogP contribution in [0.5, 0.6) is 0 Å². The minimum atomic E-state index is -1.32. The summed E-state index contributed by atoms with van der Waals surface area (Å²) in [4.78, 5) is 38.1. The number of aromatic nitrogens is 2. The van der Waals surface area contributed by atoms with Gasteiger partial charge in [0, 0.05) is 23.8 Å². The first-order chi connectivity index (χ1) is 8.97. The highest BCUT2D eigenvalue weighted by atomic mass is 16.6. The molecule has 0 amide bonds. The van der Waals surface area contributed by atoms with Crippen molar-refractivity contribution in [2.45, 2.75) is 0 Å². The van der Waals surface area contributed by atoms with Gasteiger partial charge in [0.25, 0.3) is 11.2 Å². The van der Waals surface area contributed by atoms with Gasteiger partial charge in [-0.1, -0.05) is 0 Å². The molecule has 0 fully saturated rings. The molecule has 1 aromatic heterocycles. The molecule has 2 rings (SSSR count). The molecule has 0 atom stereocenters. The molecule has 0 saturated carbocycles. The summed E-state index contributed by atoms with van der Waals surface area (Å²) in [5.74, 6) is -1.28. The maximum atomic E-state index is 11.3. The number of benzene rings is 1. The van der Waals surface area contributed by atoms with E-state index in [0.717, 1.165) is 6.07 Å². The van der Waals surface area contributed by atoms with Crippen molar-refractivity contribution >= 4 is 11.7 Å². The Kier molecular flexibility index (Phi) is 3.06. The average Bonchev–Trinajstić information content (AvgIpc) is 2.38. The number of aromatic carboxylic acids is 1. The lowest BCUT2D eigenvalue weighted by molar-refractivity contribution is -0.384. The summed E-state index contributed by atoms with van der Waals surface area (Å²) >= 11 is 0. The van der Waals surface area contributed by atoms with Gasteiger partial charge in [0.2, 0.25) is 0 Å². The fourth-order valence-electron chi connectivity index (χ4n) is 1.44. The number of H-pyrrole nitrogens is 1. The van der Waals surface area contributed by atoms with E-state index in [2.05, 4.69) is 9.97 Å². The number of hydrogen-bond donors (Lipinski definition) is 2. The molecule has 8 nitrogen and oxygen atoms in total. The highest BCUT2D eigenvalue weighted by Crippen LogP contribution is 2.18. The van der Waals surface area contributed by atoms with Gasteiger partial charge in [-0.15, -0.1) is 0 Å². The lowest BCUT2D eigenvalue weighted by atomic mass is 10.2. The highest BCUT2D eigenvalue weighted by molar-refractivity contribution is 5.85. The van der Waals surface area contributed by atoms with Crippen LogP contribution in [0.4, 0.5) is 5.69 Å². The van der Waals surface area contributed by atoms with E-state index in [0.29, 0.717) is 5.56 Å². The molecule has 2 N–H and O–H groups in total. The van der Waals surface area contributed by atoms with E-state index in [1.165, 1.54) is 24.3 Å². The Morgan fingerprint density at radius 2 is 1.95 bits per heavy atom. The number of nitro benzene ring substituents is 1. The predicted molar refractivity (Wildman–Crippen MR) is 63.9 cm³/mol. The molecule has 96 valence electrons. The summed E-state index contributed by atoms with van der Waals surface area (Å²) in [5.41, 5.74) is -0.732. The third kappa shape index (κ3) is 2.63. The molecule has 0 aliphatic carbocycles. The molecule has 0 unspecified atom stereocenters. The topological polar surface area (TPSA) is 126 Å². The lowest BCUT2D eigenvalue weighted by Crippen LogP contribution is -2.13. The summed E-state index contributed by atoms with van der Waals surface area (Å²) in [5, 5.41) is 19.3. The first kappa shape index (κ1) is 12.4. The molecule has 19 heavy (non-hydrogen) atoms. The molecule has 8 heteroatoms. The standard InChI is InChI=1S/C11H7N3O5/c15-9-5-8(11(16)17)12-10(13-9)6-1-3-7(4-2-6)14(18)19/h1-5H,(H,16,17)(H,12,13,15). The molecule has 0 spiro atoms. The zero-order chi connectivity index (χ0) is 14.0. The third-order valence-corrected chi connectivity index (χ3v) is 2.31. The number of rotatable bonds is 3. The van der Waals surface area contributed by atoms with Gasteiger partial charge in [-0.3, -0.25) is 14.9 Å². The van der Waals surface area contributed by atoms with Crippen LogP contribution >= 0.6 is 0 Å². The van der Waals surface area contributed by atoms with Crippen molar-refractivity contribution < 1.29 is 14.8 Å². The number of carboxylic acid groups (broad SMARTS) is 1. The minimum Gasteiger partial charge on any atom is -0.477 e. The van der Waals surface area contributed by atoms with Crippen LogP contribution in [-0.2, 0) is 0 Å². The first-order valence-electron chi connectivity index (χ1n) is 5.07. The molecule has 1 heterocycles. The summed E-state index contributed by atoms with van der Waals surface area (Å²) in [7, 11) is 0. The number of aromatic amines is 1. The van der Waals surface area contributed by atoms with Crippen molar-refractivity contribution in [2.75, 3.05) is 0 Å². The first-order valence-corrected chi connectivity index (χ1v) is 5.07. The van der Waals surface area contributed by atoms with Crippen LogP contribution in [0.1, 0.15) is 10.5 Å². The van der Waals surface area contributed by atoms with Crippen LogP contribution in [0, 0.1) is 10.1 Å². The Balaban J connectivity index is 2.49. The second-order valence-corrected chi connectivity index (χ2v) is 3.59. The largest absolute Gasteiger partial charge is 0.477 e. The molecule has 1 aromatic carbocycles. The van der Waals surface area contributed by atoms with Gasteiger partial charge < -0.3 is 10.1 Å². The minimum absolute atomic E-state index is 0.0415. The Hall–Kier alpha value is -3.03.